The van der Waals surface area contributed by atoms with Crippen LogP contribution < -0.4 is 5.56 Å². The van der Waals surface area contributed by atoms with E-state index in [1.54, 1.807) is 58.2 Å². The summed E-state index contributed by atoms with van der Waals surface area (Å²) in [4.78, 5) is 25.9. The second kappa shape index (κ2) is 12.1. The van der Waals surface area contributed by atoms with Gasteiger partial charge in [0, 0.05) is 24.3 Å². The fourth-order valence-corrected chi connectivity index (χ4v) is 4.02. The zero-order valence-corrected chi connectivity index (χ0v) is 21.5. The topological polar surface area (TPSA) is 80.4 Å². The van der Waals surface area contributed by atoms with Gasteiger partial charge in [-0.3, -0.25) is 14.4 Å². The highest BCUT2D eigenvalue weighted by atomic mass is 35.5. The predicted molar refractivity (Wildman–Crippen MR) is 138 cm³/mol. The Balaban J connectivity index is 1.96. The van der Waals surface area contributed by atoms with Crippen molar-refractivity contribution in [2.75, 3.05) is 0 Å². The highest BCUT2D eigenvalue weighted by molar-refractivity contribution is 6.31. The number of aliphatic hydroxyl groups is 1. The monoisotopic (exact) mass is 530 g/mol. The van der Waals surface area contributed by atoms with Crippen LogP contribution in [0.4, 0.5) is 13.2 Å². The van der Waals surface area contributed by atoms with Crippen LogP contribution in [0.1, 0.15) is 61.1 Å². The second-order valence-corrected chi connectivity index (χ2v) is 8.88. The van der Waals surface area contributed by atoms with Crippen molar-refractivity contribution in [1.29, 1.82) is 0 Å². The van der Waals surface area contributed by atoms with Crippen molar-refractivity contribution >= 4 is 23.5 Å². The molecule has 6 nitrogen and oxygen atoms in total. The molecule has 0 saturated heterocycles. The zero-order chi connectivity index (χ0) is 27.3. The van der Waals surface area contributed by atoms with Gasteiger partial charge in [-0.2, -0.15) is 0 Å². The van der Waals surface area contributed by atoms with Gasteiger partial charge in [0.25, 0.3) is 5.56 Å². The lowest BCUT2D eigenvalue weighted by Crippen LogP contribution is -2.21. The first kappa shape index (κ1) is 28.0. The normalized spacial score (nSPS) is 14.0. The number of allylic oxidation sites excluding steroid dienone is 2. The molecule has 2 atom stereocenters. The van der Waals surface area contributed by atoms with Crippen LogP contribution in [-0.2, 0) is 6.42 Å². The molecule has 3 aromatic rings. The first-order valence-corrected chi connectivity index (χ1v) is 11.8. The second-order valence-electron chi connectivity index (χ2n) is 8.50. The molecule has 1 N–H and O–H groups in total. The Labute approximate surface area is 217 Å². The average molecular weight is 531 g/mol. The van der Waals surface area contributed by atoms with Crippen LogP contribution in [0.5, 0.6) is 0 Å². The lowest BCUT2D eigenvalue weighted by molar-refractivity contribution is 0.189. The molecule has 0 spiro atoms. The van der Waals surface area contributed by atoms with Crippen LogP contribution in [0.2, 0.25) is 5.02 Å². The van der Waals surface area contributed by atoms with E-state index in [0.29, 0.717) is 22.7 Å². The summed E-state index contributed by atoms with van der Waals surface area (Å²) >= 11 is 6.43. The third kappa shape index (κ3) is 6.61. The van der Waals surface area contributed by atoms with Crippen LogP contribution in [0, 0.1) is 24.4 Å². The Hall–Kier alpha value is -3.56. The standard InChI is InChI=1S/C27H26ClF3N4O2/c1-5-8-32-22(23-6-9-33-26(34-23)17(4)36)7-10-35-16(3)12-19(24(28)27(35)37)15(2)11-18-13-20(29)25(31)21(30)14-18/h5-10,12-15,17,36H,11H2,1-4H3/b8-5+,10-7+,32-22-. The van der Waals surface area contributed by atoms with Gasteiger partial charge in [-0.25, -0.2) is 23.1 Å². The number of hydrogen-bond acceptors (Lipinski definition) is 5. The van der Waals surface area contributed by atoms with Crippen molar-refractivity contribution in [1.82, 2.24) is 14.5 Å². The molecule has 0 aliphatic heterocycles. The van der Waals surface area contributed by atoms with Gasteiger partial charge in [0.05, 0.1) is 11.4 Å². The van der Waals surface area contributed by atoms with E-state index in [-0.39, 0.29) is 28.7 Å². The highest BCUT2D eigenvalue weighted by Crippen LogP contribution is 2.27. The number of pyridine rings is 1. The molecule has 0 fully saturated rings. The predicted octanol–water partition coefficient (Wildman–Crippen LogP) is 5.91. The van der Waals surface area contributed by atoms with Crippen molar-refractivity contribution in [2.45, 2.75) is 46.1 Å². The Morgan fingerprint density at radius 1 is 1.22 bits per heavy atom. The molecule has 0 bridgehead atoms. The highest BCUT2D eigenvalue weighted by Gasteiger charge is 2.18. The van der Waals surface area contributed by atoms with Gasteiger partial charge in [0.15, 0.2) is 23.3 Å². The van der Waals surface area contributed by atoms with Crippen LogP contribution in [-0.4, -0.2) is 25.4 Å². The number of halogens is 4. The van der Waals surface area contributed by atoms with Crippen LogP contribution in [0.15, 0.2) is 58.6 Å². The molecule has 2 unspecified atom stereocenters. The summed E-state index contributed by atoms with van der Waals surface area (Å²) in [5, 5.41) is 9.76. The van der Waals surface area contributed by atoms with E-state index in [9.17, 15) is 23.1 Å². The fourth-order valence-electron chi connectivity index (χ4n) is 3.69. The van der Waals surface area contributed by atoms with Crippen LogP contribution in [0.3, 0.4) is 0 Å². The minimum atomic E-state index is -1.53. The molecule has 0 aliphatic rings. The largest absolute Gasteiger partial charge is 0.385 e. The molecule has 0 aliphatic carbocycles. The number of aryl methyl sites for hydroxylation is 1. The maximum Gasteiger partial charge on any atom is 0.273 e. The number of aromatic nitrogens is 3. The van der Waals surface area contributed by atoms with Gasteiger partial charge < -0.3 is 5.11 Å². The number of nitrogens with zero attached hydrogens (tertiary/aromatic N) is 4. The SMILES string of the molecule is C/C=C/N=C(/C=C/n1c(C)cc(C(C)Cc2cc(F)c(F)c(F)c2)c(Cl)c1=O)c1ccnc(C(C)O)n1. The average Bonchev–Trinajstić information content (AvgIpc) is 2.86. The number of rotatable bonds is 8. The van der Waals surface area contributed by atoms with Crippen molar-refractivity contribution in [3.63, 3.8) is 0 Å². The molecule has 37 heavy (non-hydrogen) atoms. The summed E-state index contributed by atoms with van der Waals surface area (Å²) < 4.78 is 41.9. The molecule has 3 rings (SSSR count). The van der Waals surface area contributed by atoms with E-state index >= 15 is 0 Å². The van der Waals surface area contributed by atoms with Crippen molar-refractivity contribution < 1.29 is 18.3 Å². The van der Waals surface area contributed by atoms with E-state index in [1.807, 2.05) is 0 Å². The van der Waals surface area contributed by atoms with Gasteiger partial charge in [0.2, 0.25) is 0 Å². The molecule has 0 radical (unpaired) electrons. The smallest absolute Gasteiger partial charge is 0.273 e. The quantitative estimate of drug-likeness (QED) is 0.290. The number of benzene rings is 1. The van der Waals surface area contributed by atoms with Gasteiger partial charge >= 0.3 is 0 Å². The van der Waals surface area contributed by atoms with E-state index in [4.69, 9.17) is 11.6 Å². The van der Waals surface area contributed by atoms with Gasteiger partial charge in [0.1, 0.15) is 11.1 Å². The summed E-state index contributed by atoms with van der Waals surface area (Å²) in [7, 11) is 0. The summed E-state index contributed by atoms with van der Waals surface area (Å²) in [6.45, 7) is 6.83. The third-order valence-electron chi connectivity index (χ3n) is 5.58. The van der Waals surface area contributed by atoms with Gasteiger partial charge in [-0.1, -0.05) is 24.6 Å². The van der Waals surface area contributed by atoms with E-state index < -0.39 is 29.1 Å². The van der Waals surface area contributed by atoms with E-state index in [0.717, 1.165) is 12.1 Å². The summed E-state index contributed by atoms with van der Waals surface area (Å²) in [6, 6.07) is 5.21. The van der Waals surface area contributed by atoms with E-state index in [1.165, 1.54) is 17.0 Å². The van der Waals surface area contributed by atoms with Gasteiger partial charge in [-0.05, 0) is 74.6 Å². The number of aliphatic imine (C=N–C) groups is 1. The zero-order valence-electron chi connectivity index (χ0n) is 20.7. The minimum Gasteiger partial charge on any atom is -0.385 e. The van der Waals surface area contributed by atoms with E-state index in [2.05, 4.69) is 15.0 Å². The molecule has 2 heterocycles. The molecule has 194 valence electrons. The van der Waals surface area contributed by atoms with Crippen molar-refractivity contribution in [3.8, 4) is 0 Å². The van der Waals surface area contributed by atoms with Crippen LogP contribution in [0.25, 0.3) is 6.20 Å². The Morgan fingerprint density at radius 2 is 1.89 bits per heavy atom. The summed E-state index contributed by atoms with van der Waals surface area (Å²) in [5.74, 6) is -4.22. The van der Waals surface area contributed by atoms with Crippen molar-refractivity contribution in [2.24, 2.45) is 4.99 Å². The maximum absolute atomic E-state index is 13.6. The molecule has 0 saturated carbocycles. The first-order chi connectivity index (χ1) is 17.5. The molecular formula is C27H26ClF3N4O2. The fraction of sp³-hybridized carbons (Fsp3) is 0.259. The lowest BCUT2D eigenvalue weighted by Gasteiger charge is -2.17. The lowest BCUT2D eigenvalue weighted by atomic mass is 9.93. The first-order valence-electron chi connectivity index (χ1n) is 11.5. The minimum absolute atomic E-state index is 0.0452. The molecule has 0 amide bonds. The summed E-state index contributed by atoms with van der Waals surface area (Å²) in [6.07, 6.45) is 7.18. The van der Waals surface area contributed by atoms with Crippen LogP contribution >= 0.6 is 11.6 Å². The molecule has 2 aromatic heterocycles. The molecule has 1 aromatic carbocycles. The molecule has 10 heteroatoms. The Bertz CT molecular complexity index is 1430. The third-order valence-corrected chi connectivity index (χ3v) is 5.96. The molecular weight excluding hydrogens is 505 g/mol. The number of hydrogen-bond donors (Lipinski definition) is 1. The maximum atomic E-state index is 13.6. The van der Waals surface area contributed by atoms with Gasteiger partial charge in [-0.15, -0.1) is 0 Å². The number of aliphatic hydroxyl groups excluding tert-OH is 1. The Kier molecular flexibility index (Phi) is 9.18. The summed E-state index contributed by atoms with van der Waals surface area (Å²) in [5.41, 5.74) is 1.67. The van der Waals surface area contributed by atoms with Crippen molar-refractivity contribution in [3.05, 3.63) is 110 Å². The Morgan fingerprint density at radius 3 is 2.51 bits per heavy atom.